The first-order chi connectivity index (χ1) is 14.2. The molecule has 0 heterocycles. The number of nitrogens with one attached hydrogen (secondary N) is 2. The summed E-state index contributed by atoms with van der Waals surface area (Å²) in [7, 11) is 1.54. The van der Waals surface area contributed by atoms with E-state index in [2.05, 4.69) is 11.6 Å². The molecule has 2 N–H and O–H groups in total. The summed E-state index contributed by atoms with van der Waals surface area (Å²) in [4.78, 5) is 4.22. The maximum Gasteiger partial charge on any atom is 0.138 e. The zero-order valence-electron chi connectivity index (χ0n) is 17.6. The van der Waals surface area contributed by atoms with Gasteiger partial charge in [-0.2, -0.15) is 0 Å². The maximum absolute atomic E-state index is 14.5. The molecular formula is C24H26F3N3. The van der Waals surface area contributed by atoms with E-state index in [1.165, 1.54) is 20.0 Å². The highest BCUT2D eigenvalue weighted by atomic mass is 19.1. The van der Waals surface area contributed by atoms with Crippen molar-refractivity contribution >= 4 is 17.1 Å². The number of benzene rings is 1. The van der Waals surface area contributed by atoms with E-state index >= 15 is 0 Å². The van der Waals surface area contributed by atoms with Crippen molar-refractivity contribution in [2.45, 2.75) is 27.2 Å². The fraction of sp³-hybridized carbons (Fsp3) is 0.208. The molecule has 0 saturated carbocycles. The van der Waals surface area contributed by atoms with Gasteiger partial charge in [-0.15, -0.1) is 0 Å². The average molecular weight is 413 g/mol. The SMILES string of the molecule is C=C\C=C/C(=C\C)C(/C(=N)c1c(F)cc(F)cc1F)=C(/C(C)=N)C(/C=C\CC)=NC. The minimum Gasteiger partial charge on any atom is -0.305 e. The van der Waals surface area contributed by atoms with Crippen molar-refractivity contribution in [3.63, 3.8) is 0 Å². The summed E-state index contributed by atoms with van der Waals surface area (Å²) in [6.07, 6.45) is 10.7. The van der Waals surface area contributed by atoms with E-state index in [0.29, 0.717) is 29.8 Å². The van der Waals surface area contributed by atoms with Gasteiger partial charge in [0.1, 0.15) is 17.5 Å². The number of rotatable bonds is 9. The normalized spacial score (nSPS) is 13.7. The molecule has 1 aromatic rings. The number of hydrogen-bond acceptors (Lipinski definition) is 3. The molecule has 0 aliphatic heterocycles. The maximum atomic E-state index is 14.5. The first kappa shape index (κ1) is 24.8. The van der Waals surface area contributed by atoms with Crippen LogP contribution in [0.5, 0.6) is 0 Å². The van der Waals surface area contributed by atoms with Crippen LogP contribution in [0.2, 0.25) is 0 Å². The van der Waals surface area contributed by atoms with Crippen LogP contribution in [0.4, 0.5) is 13.2 Å². The minimum atomic E-state index is -1.20. The molecule has 0 atom stereocenters. The van der Waals surface area contributed by atoms with Crippen LogP contribution in [0.15, 0.2) is 76.9 Å². The van der Waals surface area contributed by atoms with E-state index in [0.717, 1.165) is 0 Å². The molecule has 1 aromatic carbocycles. The Labute approximate surface area is 175 Å². The molecule has 0 fully saturated rings. The molecule has 0 aliphatic rings. The molecule has 0 aliphatic carbocycles. The summed E-state index contributed by atoms with van der Waals surface area (Å²) in [5.74, 6) is -3.46. The number of aliphatic imine (C=N–C) groups is 1. The summed E-state index contributed by atoms with van der Waals surface area (Å²) < 4.78 is 42.4. The van der Waals surface area contributed by atoms with Crippen LogP contribution in [0, 0.1) is 28.3 Å². The second-order valence-electron chi connectivity index (χ2n) is 6.25. The molecule has 1 rings (SSSR count). The first-order valence-electron chi connectivity index (χ1n) is 9.36. The van der Waals surface area contributed by atoms with E-state index in [1.54, 1.807) is 31.2 Å². The summed E-state index contributed by atoms with van der Waals surface area (Å²) >= 11 is 0. The minimum absolute atomic E-state index is 0.0605. The van der Waals surface area contributed by atoms with Gasteiger partial charge in [-0.05, 0) is 31.9 Å². The molecule has 0 spiro atoms. The lowest BCUT2D eigenvalue weighted by Gasteiger charge is -2.18. The molecule has 0 saturated heterocycles. The molecule has 30 heavy (non-hydrogen) atoms. The van der Waals surface area contributed by atoms with Crippen LogP contribution < -0.4 is 0 Å². The Morgan fingerprint density at radius 1 is 1.10 bits per heavy atom. The molecular weight excluding hydrogens is 387 g/mol. The van der Waals surface area contributed by atoms with Gasteiger partial charge >= 0.3 is 0 Å². The third-order valence-corrected chi connectivity index (χ3v) is 4.15. The Morgan fingerprint density at radius 2 is 1.70 bits per heavy atom. The van der Waals surface area contributed by atoms with Crippen molar-refractivity contribution in [3.05, 3.63) is 94.9 Å². The third kappa shape index (κ3) is 5.86. The van der Waals surface area contributed by atoms with E-state index in [-0.39, 0.29) is 16.9 Å². The summed E-state index contributed by atoms with van der Waals surface area (Å²) in [6.45, 7) is 8.76. The largest absolute Gasteiger partial charge is 0.305 e. The molecule has 158 valence electrons. The molecule has 3 nitrogen and oxygen atoms in total. The average Bonchev–Trinajstić information content (AvgIpc) is 2.68. The summed E-state index contributed by atoms with van der Waals surface area (Å²) in [5, 5.41) is 16.9. The van der Waals surface area contributed by atoms with Gasteiger partial charge in [-0.3, -0.25) is 10.4 Å². The second-order valence-corrected chi connectivity index (χ2v) is 6.25. The van der Waals surface area contributed by atoms with Crippen LogP contribution in [-0.2, 0) is 0 Å². The van der Waals surface area contributed by atoms with Crippen LogP contribution in [0.25, 0.3) is 0 Å². The van der Waals surface area contributed by atoms with Crippen molar-refractivity contribution in [2.75, 3.05) is 7.05 Å². The van der Waals surface area contributed by atoms with Gasteiger partial charge in [0.25, 0.3) is 0 Å². The monoisotopic (exact) mass is 413 g/mol. The fourth-order valence-corrected chi connectivity index (χ4v) is 2.82. The lowest BCUT2D eigenvalue weighted by Crippen LogP contribution is -2.19. The molecule has 0 amide bonds. The van der Waals surface area contributed by atoms with E-state index in [1.807, 2.05) is 13.0 Å². The molecule has 0 bridgehead atoms. The fourth-order valence-electron chi connectivity index (χ4n) is 2.82. The Morgan fingerprint density at radius 3 is 2.13 bits per heavy atom. The van der Waals surface area contributed by atoms with Crippen LogP contribution in [-0.4, -0.2) is 24.2 Å². The van der Waals surface area contributed by atoms with Crippen molar-refractivity contribution in [1.29, 1.82) is 10.8 Å². The van der Waals surface area contributed by atoms with E-state index in [4.69, 9.17) is 10.8 Å². The topological polar surface area (TPSA) is 60.1 Å². The Kier molecular flexibility index (Phi) is 9.62. The number of hydrogen-bond donors (Lipinski definition) is 2. The van der Waals surface area contributed by atoms with E-state index < -0.39 is 28.7 Å². The lowest BCUT2D eigenvalue weighted by atomic mass is 9.86. The predicted molar refractivity (Wildman–Crippen MR) is 119 cm³/mol. The Hall–Kier alpha value is -3.28. The number of allylic oxidation sites excluding steroid dienone is 9. The molecule has 0 aromatic heterocycles. The zero-order chi connectivity index (χ0) is 22.8. The highest BCUT2D eigenvalue weighted by Crippen LogP contribution is 2.27. The van der Waals surface area contributed by atoms with Gasteiger partial charge in [0.15, 0.2) is 0 Å². The van der Waals surface area contributed by atoms with E-state index in [9.17, 15) is 13.2 Å². The highest BCUT2D eigenvalue weighted by molar-refractivity contribution is 6.33. The van der Waals surface area contributed by atoms with Gasteiger partial charge in [-0.25, -0.2) is 13.2 Å². The molecule has 6 heteroatoms. The first-order valence-corrected chi connectivity index (χ1v) is 9.36. The highest BCUT2D eigenvalue weighted by Gasteiger charge is 2.25. The van der Waals surface area contributed by atoms with Gasteiger partial charge < -0.3 is 5.41 Å². The molecule has 0 unspecified atom stereocenters. The summed E-state index contributed by atoms with van der Waals surface area (Å²) in [6, 6.07) is 1.06. The van der Waals surface area contributed by atoms with Gasteiger partial charge in [0, 0.05) is 36.0 Å². The Balaban J connectivity index is 4.04. The Bertz CT molecular complexity index is 970. The van der Waals surface area contributed by atoms with Crippen LogP contribution in [0.3, 0.4) is 0 Å². The second kappa shape index (κ2) is 11.7. The third-order valence-electron chi connectivity index (χ3n) is 4.15. The lowest BCUT2D eigenvalue weighted by molar-refractivity contribution is 0.540. The van der Waals surface area contributed by atoms with Crippen molar-refractivity contribution < 1.29 is 13.2 Å². The van der Waals surface area contributed by atoms with Gasteiger partial charge in [-0.1, -0.05) is 43.9 Å². The zero-order valence-corrected chi connectivity index (χ0v) is 17.6. The predicted octanol–water partition coefficient (Wildman–Crippen LogP) is 6.53. The van der Waals surface area contributed by atoms with Gasteiger partial charge in [0.2, 0.25) is 0 Å². The quantitative estimate of drug-likeness (QED) is 0.341. The molecule has 0 radical (unpaired) electrons. The van der Waals surface area contributed by atoms with Crippen molar-refractivity contribution in [2.24, 2.45) is 4.99 Å². The summed E-state index contributed by atoms with van der Waals surface area (Å²) in [5.41, 5.74) is 0.0522. The smallest absolute Gasteiger partial charge is 0.138 e. The van der Waals surface area contributed by atoms with Gasteiger partial charge in [0.05, 0.1) is 17.0 Å². The van der Waals surface area contributed by atoms with Crippen molar-refractivity contribution in [3.8, 4) is 0 Å². The van der Waals surface area contributed by atoms with Crippen LogP contribution >= 0.6 is 0 Å². The standard InChI is InChI=1S/C24H26F3N3/c1-6-9-11-16(8-3)22(21(15(4)28)20(30-5)12-10-7-2)24(29)23-18(26)13-17(25)14-19(23)27/h6,8-14,28-29H,1,7H2,2-5H3/b11-9-,12-10-,16-8+,22-21+,28-15?,29-24?,30-20?. The van der Waals surface area contributed by atoms with Crippen LogP contribution in [0.1, 0.15) is 32.8 Å². The number of halogens is 3. The van der Waals surface area contributed by atoms with Crippen molar-refractivity contribution in [1.82, 2.24) is 0 Å². The number of nitrogens with zero attached hydrogens (tertiary/aromatic N) is 1.